The standard InChI is InChI=1S/C16H16N4O/c1-12-14(3-2-4-18-12)13-9-16(15(10-17)19-11-13)20-5-7-21-8-6-20/h2-4,9,11H,5-8H2,1H3. The molecule has 0 saturated carbocycles. The van der Waals surface area contributed by atoms with Gasteiger partial charge in [0.15, 0.2) is 5.69 Å². The van der Waals surface area contributed by atoms with Crippen LogP contribution in [0.3, 0.4) is 0 Å². The zero-order chi connectivity index (χ0) is 14.7. The van der Waals surface area contributed by atoms with Crippen LogP contribution in [0.2, 0.25) is 0 Å². The topological polar surface area (TPSA) is 62.0 Å². The molecule has 1 aliphatic heterocycles. The molecule has 1 aliphatic rings. The minimum Gasteiger partial charge on any atom is -0.378 e. The quantitative estimate of drug-likeness (QED) is 0.843. The van der Waals surface area contributed by atoms with Crippen molar-refractivity contribution < 1.29 is 4.74 Å². The Morgan fingerprint density at radius 1 is 1.29 bits per heavy atom. The maximum atomic E-state index is 9.28. The largest absolute Gasteiger partial charge is 0.378 e. The van der Waals surface area contributed by atoms with Crippen LogP contribution in [0.1, 0.15) is 11.4 Å². The fourth-order valence-electron chi connectivity index (χ4n) is 2.52. The number of hydrogen-bond donors (Lipinski definition) is 0. The summed E-state index contributed by atoms with van der Waals surface area (Å²) in [6, 6.07) is 8.14. The Balaban J connectivity index is 2.05. The number of nitriles is 1. The Morgan fingerprint density at radius 2 is 2.10 bits per heavy atom. The Hall–Kier alpha value is -2.45. The number of pyridine rings is 2. The lowest BCUT2D eigenvalue weighted by Crippen LogP contribution is -2.36. The summed E-state index contributed by atoms with van der Waals surface area (Å²) in [5.41, 5.74) is 4.32. The van der Waals surface area contributed by atoms with E-state index >= 15 is 0 Å². The van der Waals surface area contributed by atoms with Gasteiger partial charge in [0.1, 0.15) is 6.07 Å². The van der Waals surface area contributed by atoms with Crippen molar-refractivity contribution in [2.45, 2.75) is 6.92 Å². The van der Waals surface area contributed by atoms with Gasteiger partial charge < -0.3 is 9.64 Å². The van der Waals surface area contributed by atoms with Gasteiger partial charge in [0, 0.05) is 42.3 Å². The first kappa shape index (κ1) is 13.5. The van der Waals surface area contributed by atoms with E-state index in [1.165, 1.54) is 0 Å². The first-order chi connectivity index (χ1) is 10.3. The third kappa shape index (κ3) is 2.71. The molecule has 1 saturated heterocycles. The number of aryl methyl sites for hydroxylation is 1. The molecule has 0 N–H and O–H groups in total. The van der Waals surface area contributed by atoms with Crippen LogP contribution in [0, 0.1) is 18.3 Å². The molecule has 0 unspecified atom stereocenters. The fourth-order valence-corrected chi connectivity index (χ4v) is 2.52. The molecule has 2 aromatic heterocycles. The number of aromatic nitrogens is 2. The summed E-state index contributed by atoms with van der Waals surface area (Å²) >= 11 is 0. The Bertz CT molecular complexity index is 687. The Labute approximate surface area is 123 Å². The highest BCUT2D eigenvalue weighted by Crippen LogP contribution is 2.28. The van der Waals surface area contributed by atoms with Crippen LogP contribution >= 0.6 is 0 Å². The second-order valence-electron chi connectivity index (χ2n) is 4.94. The molecule has 0 aliphatic carbocycles. The molecule has 21 heavy (non-hydrogen) atoms. The van der Waals surface area contributed by atoms with Crippen molar-refractivity contribution >= 4 is 5.69 Å². The van der Waals surface area contributed by atoms with Gasteiger partial charge in [-0.2, -0.15) is 5.26 Å². The van der Waals surface area contributed by atoms with E-state index in [1.807, 2.05) is 25.1 Å². The SMILES string of the molecule is Cc1ncccc1-c1cnc(C#N)c(N2CCOCC2)c1. The van der Waals surface area contributed by atoms with Crippen molar-refractivity contribution in [3.8, 4) is 17.2 Å². The molecule has 2 aromatic rings. The molecular weight excluding hydrogens is 264 g/mol. The van der Waals surface area contributed by atoms with Crippen molar-refractivity contribution in [2.24, 2.45) is 0 Å². The average molecular weight is 280 g/mol. The summed E-state index contributed by atoms with van der Waals surface area (Å²) in [5, 5.41) is 9.28. The number of nitrogens with zero attached hydrogens (tertiary/aromatic N) is 4. The van der Waals surface area contributed by atoms with Crippen LogP contribution in [0.4, 0.5) is 5.69 Å². The molecule has 5 heteroatoms. The molecule has 3 heterocycles. The van der Waals surface area contributed by atoms with Gasteiger partial charge in [-0.05, 0) is 19.1 Å². The van der Waals surface area contributed by atoms with Gasteiger partial charge in [-0.15, -0.1) is 0 Å². The Kier molecular flexibility index (Phi) is 3.80. The number of ether oxygens (including phenoxy) is 1. The predicted molar refractivity (Wildman–Crippen MR) is 80.0 cm³/mol. The lowest BCUT2D eigenvalue weighted by atomic mass is 10.0. The number of rotatable bonds is 2. The number of anilines is 1. The first-order valence-corrected chi connectivity index (χ1v) is 6.94. The average Bonchev–Trinajstić information content (AvgIpc) is 2.55. The van der Waals surface area contributed by atoms with Crippen molar-refractivity contribution in [3.63, 3.8) is 0 Å². The monoisotopic (exact) mass is 280 g/mol. The van der Waals surface area contributed by atoms with Crippen molar-refractivity contribution in [1.29, 1.82) is 5.26 Å². The lowest BCUT2D eigenvalue weighted by Gasteiger charge is -2.29. The molecule has 0 radical (unpaired) electrons. The first-order valence-electron chi connectivity index (χ1n) is 6.94. The normalized spacial score (nSPS) is 14.8. The van der Waals surface area contributed by atoms with Crippen LogP contribution in [0.25, 0.3) is 11.1 Å². The molecule has 106 valence electrons. The summed E-state index contributed by atoms with van der Waals surface area (Å²) in [7, 11) is 0. The van der Waals surface area contributed by atoms with Gasteiger partial charge in [-0.25, -0.2) is 4.98 Å². The smallest absolute Gasteiger partial charge is 0.163 e. The van der Waals surface area contributed by atoms with Gasteiger partial charge in [0.25, 0.3) is 0 Å². The maximum absolute atomic E-state index is 9.28. The van der Waals surface area contributed by atoms with E-state index in [1.54, 1.807) is 12.4 Å². The van der Waals surface area contributed by atoms with Crippen molar-refractivity contribution in [1.82, 2.24) is 9.97 Å². The summed E-state index contributed by atoms with van der Waals surface area (Å²) in [5.74, 6) is 0. The van der Waals surface area contributed by atoms with E-state index in [-0.39, 0.29) is 0 Å². The van der Waals surface area contributed by atoms with Gasteiger partial charge in [0.05, 0.1) is 18.9 Å². The lowest BCUT2D eigenvalue weighted by molar-refractivity contribution is 0.122. The molecule has 0 bridgehead atoms. The molecule has 0 aromatic carbocycles. The van der Waals surface area contributed by atoms with Crippen LogP contribution in [0.15, 0.2) is 30.6 Å². The zero-order valence-corrected chi connectivity index (χ0v) is 11.9. The summed E-state index contributed by atoms with van der Waals surface area (Å²) in [4.78, 5) is 10.8. The summed E-state index contributed by atoms with van der Waals surface area (Å²) in [6.07, 6.45) is 3.52. The van der Waals surface area contributed by atoms with Gasteiger partial charge in [0.2, 0.25) is 0 Å². The third-order valence-corrected chi connectivity index (χ3v) is 3.64. The second-order valence-corrected chi connectivity index (χ2v) is 4.94. The highest BCUT2D eigenvalue weighted by atomic mass is 16.5. The van der Waals surface area contributed by atoms with Crippen LogP contribution < -0.4 is 4.90 Å². The summed E-state index contributed by atoms with van der Waals surface area (Å²) < 4.78 is 5.37. The van der Waals surface area contributed by atoms with E-state index in [0.717, 1.165) is 35.6 Å². The summed E-state index contributed by atoms with van der Waals surface area (Å²) in [6.45, 7) is 4.90. The van der Waals surface area contributed by atoms with Gasteiger partial charge >= 0.3 is 0 Å². The maximum Gasteiger partial charge on any atom is 0.163 e. The van der Waals surface area contributed by atoms with E-state index in [9.17, 15) is 5.26 Å². The van der Waals surface area contributed by atoms with Gasteiger partial charge in [-0.3, -0.25) is 4.98 Å². The number of morpholine rings is 1. The van der Waals surface area contributed by atoms with Gasteiger partial charge in [-0.1, -0.05) is 6.07 Å². The van der Waals surface area contributed by atoms with Crippen molar-refractivity contribution in [2.75, 3.05) is 31.2 Å². The third-order valence-electron chi connectivity index (χ3n) is 3.64. The van der Waals surface area contributed by atoms with Crippen LogP contribution in [0.5, 0.6) is 0 Å². The Morgan fingerprint density at radius 3 is 2.81 bits per heavy atom. The van der Waals surface area contributed by atoms with E-state index in [4.69, 9.17) is 4.74 Å². The molecule has 5 nitrogen and oxygen atoms in total. The number of hydrogen-bond acceptors (Lipinski definition) is 5. The molecule has 0 amide bonds. The minimum absolute atomic E-state index is 0.460. The molecule has 3 rings (SSSR count). The molecule has 1 fully saturated rings. The van der Waals surface area contributed by atoms with E-state index in [0.29, 0.717) is 18.9 Å². The second kappa shape index (κ2) is 5.90. The van der Waals surface area contributed by atoms with Crippen LogP contribution in [-0.4, -0.2) is 36.3 Å². The highest BCUT2D eigenvalue weighted by Gasteiger charge is 2.17. The van der Waals surface area contributed by atoms with E-state index < -0.39 is 0 Å². The van der Waals surface area contributed by atoms with E-state index in [2.05, 4.69) is 20.9 Å². The molecular formula is C16H16N4O. The molecule has 0 atom stereocenters. The predicted octanol–water partition coefficient (Wildman–Crippen LogP) is 2.16. The molecule has 0 spiro atoms. The van der Waals surface area contributed by atoms with Crippen molar-refractivity contribution in [3.05, 3.63) is 42.0 Å². The fraction of sp³-hybridized carbons (Fsp3) is 0.312. The van der Waals surface area contributed by atoms with Crippen LogP contribution in [-0.2, 0) is 4.74 Å². The zero-order valence-electron chi connectivity index (χ0n) is 11.9. The minimum atomic E-state index is 0.460. The highest BCUT2D eigenvalue weighted by molar-refractivity contribution is 5.71.